The van der Waals surface area contributed by atoms with Gasteiger partial charge in [-0.1, -0.05) is 30.3 Å². The minimum absolute atomic E-state index is 0.570. The van der Waals surface area contributed by atoms with Gasteiger partial charge in [0.05, 0.1) is 0 Å². The van der Waals surface area contributed by atoms with Crippen LogP contribution in [0.3, 0.4) is 0 Å². The summed E-state index contributed by atoms with van der Waals surface area (Å²) in [5.41, 5.74) is -0.230. The van der Waals surface area contributed by atoms with Crippen molar-refractivity contribution >= 4 is 5.97 Å². The van der Waals surface area contributed by atoms with Gasteiger partial charge in [-0.15, -0.1) is 10.2 Å². The van der Waals surface area contributed by atoms with Crippen LogP contribution in [0.15, 0.2) is 30.3 Å². The van der Waals surface area contributed by atoms with E-state index in [4.69, 9.17) is 0 Å². The third kappa shape index (κ3) is 1.88. The van der Waals surface area contributed by atoms with Crippen molar-refractivity contribution in [2.45, 2.75) is 26.3 Å². The summed E-state index contributed by atoms with van der Waals surface area (Å²) < 4.78 is 1.64. The molecule has 0 spiro atoms. The molecule has 1 aromatic carbocycles. The molecule has 94 valence electrons. The average molecular weight is 245 g/mol. The lowest BCUT2D eigenvalue weighted by molar-refractivity contribution is -0.145. The van der Waals surface area contributed by atoms with Gasteiger partial charge < -0.3 is 5.11 Å². The van der Waals surface area contributed by atoms with Gasteiger partial charge in [0.2, 0.25) is 0 Å². The van der Waals surface area contributed by atoms with Crippen LogP contribution in [0.4, 0.5) is 0 Å². The van der Waals surface area contributed by atoms with E-state index in [0.29, 0.717) is 11.6 Å². The Labute approximate surface area is 105 Å². The molecule has 0 aliphatic heterocycles. The molecule has 0 aliphatic carbocycles. The zero-order valence-corrected chi connectivity index (χ0v) is 10.6. The molecule has 0 atom stereocenters. The summed E-state index contributed by atoms with van der Waals surface area (Å²) in [5, 5.41) is 17.4. The molecule has 1 heterocycles. The third-order valence-electron chi connectivity index (χ3n) is 2.94. The van der Waals surface area contributed by atoms with Crippen LogP contribution < -0.4 is 0 Å². The molecule has 0 fully saturated rings. The minimum atomic E-state index is -1.08. The van der Waals surface area contributed by atoms with E-state index in [1.165, 1.54) is 0 Å². The largest absolute Gasteiger partial charge is 0.480 e. The Morgan fingerprint density at radius 1 is 1.22 bits per heavy atom. The standard InChI is InChI=1S/C13H15N3O2/c1-9-14-15-11(10-7-5-4-6-8-10)16(9)13(2,3)12(17)18/h4-8H,1-3H3,(H,17,18). The highest BCUT2D eigenvalue weighted by Crippen LogP contribution is 2.26. The van der Waals surface area contributed by atoms with E-state index in [9.17, 15) is 9.90 Å². The molecule has 0 saturated heterocycles. The van der Waals surface area contributed by atoms with Crippen molar-refractivity contribution in [2.75, 3.05) is 0 Å². The maximum absolute atomic E-state index is 11.4. The summed E-state index contributed by atoms with van der Waals surface area (Å²) in [6, 6.07) is 9.45. The monoisotopic (exact) mass is 245 g/mol. The van der Waals surface area contributed by atoms with E-state index < -0.39 is 11.5 Å². The fourth-order valence-electron chi connectivity index (χ4n) is 1.90. The average Bonchev–Trinajstić information content (AvgIpc) is 2.72. The summed E-state index contributed by atoms with van der Waals surface area (Å²) >= 11 is 0. The maximum atomic E-state index is 11.4. The first-order valence-electron chi connectivity index (χ1n) is 5.66. The molecule has 0 radical (unpaired) electrons. The number of carboxylic acid groups (broad SMARTS) is 1. The summed E-state index contributed by atoms with van der Waals surface area (Å²) in [4.78, 5) is 11.4. The maximum Gasteiger partial charge on any atom is 0.329 e. The van der Waals surface area contributed by atoms with Gasteiger partial charge >= 0.3 is 5.97 Å². The number of rotatable bonds is 3. The smallest absolute Gasteiger partial charge is 0.329 e. The number of carbonyl (C=O) groups is 1. The summed E-state index contributed by atoms with van der Waals surface area (Å²) in [6.07, 6.45) is 0. The molecule has 0 unspecified atom stereocenters. The second kappa shape index (κ2) is 4.25. The lowest BCUT2D eigenvalue weighted by Gasteiger charge is -2.24. The van der Waals surface area contributed by atoms with Crippen LogP contribution in [0.2, 0.25) is 0 Å². The van der Waals surface area contributed by atoms with Crippen molar-refractivity contribution in [1.82, 2.24) is 14.8 Å². The molecule has 2 aromatic rings. The van der Waals surface area contributed by atoms with Crippen molar-refractivity contribution in [3.8, 4) is 11.4 Å². The Kier molecular flexibility index (Phi) is 2.90. The molecule has 2 rings (SSSR count). The van der Waals surface area contributed by atoms with Gasteiger partial charge in [0.1, 0.15) is 11.4 Å². The molecule has 1 N–H and O–H groups in total. The normalized spacial score (nSPS) is 11.5. The Morgan fingerprint density at radius 2 is 1.83 bits per heavy atom. The Bertz CT molecular complexity index is 573. The topological polar surface area (TPSA) is 68.0 Å². The molecule has 5 heteroatoms. The quantitative estimate of drug-likeness (QED) is 0.898. The van der Waals surface area contributed by atoms with Gasteiger partial charge in [-0.3, -0.25) is 4.57 Å². The molecule has 18 heavy (non-hydrogen) atoms. The number of nitrogens with zero attached hydrogens (tertiary/aromatic N) is 3. The van der Waals surface area contributed by atoms with E-state index >= 15 is 0 Å². The van der Waals surface area contributed by atoms with Gasteiger partial charge in [-0.2, -0.15) is 0 Å². The van der Waals surface area contributed by atoms with Crippen molar-refractivity contribution in [3.63, 3.8) is 0 Å². The van der Waals surface area contributed by atoms with Gasteiger partial charge in [-0.05, 0) is 20.8 Å². The summed E-state index contributed by atoms with van der Waals surface area (Å²) in [7, 11) is 0. The highest BCUT2D eigenvalue weighted by molar-refractivity contribution is 5.77. The fraction of sp³-hybridized carbons (Fsp3) is 0.308. The molecule has 0 bridgehead atoms. The Balaban J connectivity index is 2.63. The van der Waals surface area contributed by atoms with E-state index in [2.05, 4.69) is 10.2 Å². The lowest BCUT2D eigenvalue weighted by atomic mass is 10.0. The Hall–Kier alpha value is -2.17. The number of hydrogen-bond donors (Lipinski definition) is 1. The van der Waals surface area contributed by atoms with E-state index in [-0.39, 0.29) is 0 Å². The molecule has 0 amide bonds. The molecule has 0 aliphatic rings. The zero-order valence-electron chi connectivity index (χ0n) is 10.6. The van der Waals surface area contributed by atoms with Crippen LogP contribution in [0.1, 0.15) is 19.7 Å². The van der Waals surface area contributed by atoms with Crippen LogP contribution in [0.25, 0.3) is 11.4 Å². The second-order valence-corrected chi connectivity index (χ2v) is 4.64. The molecular formula is C13H15N3O2. The number of carboxylic acids is 1. The van der Waals surface area contributed by atoms with E-state index in [1.807, 2.05) is 30.3 Å². The predicted octanol–water partition coefficient (Wildman–Crippen LogP) is 2.07. The molecular weight excluding hydrogens is 230 g/mol. The van der Waals surface area contributed by atoms with E-state index in [1.54, 1.807) is 25.3 Å². The van der Waals surface area contributed by atoms with Crippen LogP contribution in [0.5, 0.6) is 0 Å². The SMILES string of the molecule is Cc1nnc(-c2ccccc2)n1C(C)(C)C(=O)O. The lowest BCUT2D eigenvalue weighted by Crippen LogP contribution is -2.36. The van der Waals surface area contributed by atoms with Gasteiger partial charge in [0.15, 0.2) is 5.82 Å². The predicted molar refractivity (Wildman–Crippen MR) is 67.2 cm³/mol. The molecule has 1 aromatic heterocycles. The van der Waals surface area contributed by atoms with Gasteiger partial charge in [0.25, 0.3) is 0 Å². The van der Waals surface area contributed by atoms with Crippen LogP contribution in [-0.4, -0.2) is 25.8 Å². The number of aryl methyl sites for hydroxylation is 1. The van der Waals surface area contributed by atoms with Crippen LogP contribution in [0, 0.1) is 6.92 Å². The van der Waals surface area contributed by atoms with E-state index in [0.717, 1.165) is 5.56 Å². The first-order valence-corrected chi connectivity index (χ1v) is 5.66. The van der Waals surface area contributed by atoms with Crippen molar-refractivity contribution in [3.05, 3.63) is 36.2 Å². The number of benzene rings is 1. The summed E-state index contributed by atoms with van der Waals surface area (Å²) in [5.74, 6) is 0.240. The number of aliphatic carboxylic acids is 1. The van der Waals surface area contributed by atoms with Crippen LogP contribution >= 0.6 is 0 Å². The van der Waals surface area contributed by atoms with Crippen LogP contribution in [-0.2, 0) is 10.3 Å². The highest BCUT2D eigenvalue weighted by Gasteiger charge is 2.33. The summed E-state index contributed by atoms with van der Waals surface area (Å²) in [6.45, 7) is 5.03. The Morgan fingerprint density at radius 3 is 2.39 bits per heavy atom. The third-order valence-corrected chi connectivity index (χ3v) is 2.94. The second-order valence-electron chi connectivity index (χ2n) is 4.64. The zero-order chi connectivity index (χ0) is 13.3. The first kappa shape index (κ1) is 12.3. The molecule has 5 nitrogen and oxygen atoms in total. The van der Waals surface area contributed by atoms with Crippen molar-refractivity contribution < 1.29 is 9.90 Å². The van der Waals surface area contributed by atoms with Gasteiger partial charge in [0, 0.05) is 5.56 Å². The molecule has 0 saturated carbocycles. The number of hydrogen-bond acceptors (Lipinski definition) is 3. The fourth-order valence-corrected chi connectivity index (χ4v) is 1.90. The highest BCUT2D eigenvalue weighted by atomic mass is 16.4. The van der Waals surface area contributed by atoms with Gasteiger partial charge in [-0.25, -0.2) is 4.79 Å². The van der Waals surface area contributed by atoms with Crippen molar-refractivity contribution in [2.24, 2.45) is 0 Å². The van der Waals surface area contributed by atoms with Crippen molar-refractivity contribution in [1.29, 1.82) is 0 Å². The number of aromatic nitrogens is 3. The minimum Gasteiger partial charge on any atom is -0.480 e. The first-order chi connectivity index (χ1) is 8.44.